The van der Waals surface area contributed by atoms with Crippen molar-refractivity contribution in [2.75, 3.05) is 0 Å². The van der Waals surface area contributed by atoms with Gasteiger partial charge in [-0.05, 0) is 50.4 Å². The Bertz CT molecular complexity index is 575. The van der Waals surface area contributed by atoms with Crippen LogP contribution < -0.4 is 0 Å². The molecule has 2 aromatic rings. The topological polar surface area (TPSA) is 38.7 Å². The Hall–Kier alpha value is -0.520. The lowest BCUT2D eigenvalue weighted by molar-refractivity contribution is 0.866. The second-order valence-corrected chi connectivity index (χ2v) is 5.69. The third-order valence-electron chi connectivity index (χ3n) is 2.34. The second-order valence-electron chi connectivity index (χ2n) is 3.68. The maximum absolute atomic E-state index is 6.12. The van der Waals surface area contributed by atoms with Crippen molar-refractivity contribution in [1.82, 2.24) is 15.0 Å². The number of halogens is 3. The van der Waals surface area contributed by atoms with Crippen LogP contribution in [0, 0.1) is 0 Å². The largest absolute Gasteiger partial charge is 0.252 e. The smallest absolute Gasteiger partial charge is 0.181 e. The van der Waals surface area contributed by atoms with Crippen molar-refractivity contribution in [2.45, 2.75) is 19.8 Å². The van der Waals surface area contributed by atoms with Gasteiger partial charge in [-0.1, -0.05) is 24.9 Å². The van der Waals surface area contributed by atoms with Crippen molar-refractivity contribution in [2.24, 2.45) is 0 Å². The van der Waals surface area contributed by atoms with E-state index in [1.165, 1.54) is 0 Å². The number of rotatable bonds is 3. The average Bonchev–Trinajstić information content (AvgIpc) is 2.35. The molecule has 0 saturated carbocycles. The van der Waals surface area contributed by atoms with Gasteiger partial charge >= 0.3 is 0 Å². The highest BCUT2D eigenvalue weighted by molar-refractivity contribution is 9.11. The van der Waals surface area contributed by atoms with Gasteiger partial charge in [-0.2, -0.15) is 0 Å². The van der Waals surface area contributed by atoms with Gasteiger partial charge in [0.25, 0.3) is 0 Å². The number of aryl methyl sites for hydroxylation is 1. The Labute approximate surface area is 127 Å². The first kappa shape index (κ1) is 13.9. The molecule has 0 aliphatic carbocycles. The van der Waals surface area contributed by atoms with E-state index in [0.29, 0.717) is 16.7 Å². The lowest BCUT2D eigenvalue weighted by Gasteiger charge is -2.07. The normalized spacial score (nSPS) is 10.7. The Kier molecular flexibility index (Phi) is 4.70. The van der Waals surface area contributed by atoms with Crippen molar-refractivity contribution >= 4 is 43.5 Å². The van der Waals surface area contributed by atoms with Gasteiger partial charge in [-0.3, -0.25) is 4.98 Å². The van der Waals surface area contributed by atoms with E-state index in [9.17, 15) is 0 Å². The summed E-state index contributed by atoms with van der Waals surface area (Å²) in [6.45, 7) is 2.10. The standard InChI is InChI=1S/C12H10Br2ClN3/c1-2-4-8-9(14)11(15)18-12(17-8)10-7(13)5-3-6-16-10/h3,5-6H,2,4H2,1H3. The molecule has 2 heterocycles. The summed E-state index contributed by atoms with van der Waals surface area (Å²) in [4.78, 5) is 13.1. The Morgan fingerprint density at radius 1 is 1.28 bits per heavy atom. The number of pyridine rings is 1. The Morgan fingerprint density at radius 3 is 2.72 bits per heavy atom. The van der Waals surface area contributed by atoms with Gasteiger partial charge < -0.3 is 0 Å². The Balaban J connectivity index is 2.56. The van der Waals surface area contributed by atoms with E-state index >= 15 is 0 Å². The molecule has 0 N–H and O–H groups in total. The van der Waals surface area contributed by atoms with Crippen LogP contribution in [0.25, 0.3) is 11.5 Å². The summed E-state index contributed by atoms with van der Waals surface area (Å²) in [5, 5.41) is 0.418. The molecule has 0 fully saturated rings. The molecule has 6 heteroatoms. The van der Waals surface area contributed by atoms with Crippen molar-refractivity contribution in [3.63, 3.8) is 0 Å². The van der Waals surface area contributed by atoms with E-state index in [-0.39, 0.29) is 0 Å². The van der Waals surface area contributed by atoms with Crippen LogP contribution in [0.15, 0.2) is 27.3 Å². The molecule has 18 heavy (non-hydrogen) atoms. The molecule has 0 unspecified atom stereocenters. The monoisotopic (exact) mass is 389 g/mol. The summed E-state index contributed by atoms with van der Waals surface area (Å²) in [7, 11) is 0. The van der Waals surface area contributed by atoms with E-state index in [0.717, 1.165) is 27.5 Å². The molecule has 0 radical (unpaired) electrons. The van der Waals surface area contributed by atoms with Crippen LogP contribution in [0.1, 0.15) is 19.0 Å². The summed E-state index contributed by atoms with van der Waals surface area (Å²) in [6.07, 6.45) is 3.55. The summed E-state index contributed by atoms with van der Waals surface area (Å²) < 4.78 is 1.62. The molecule has 0 saturated heterocycles. The van der Waals surface area contributed by atoms with Crippen LogP contribution >= 0.6 is 43.5 Å². The predicted molar refractivity (Wildman–Crippen MR) is 79.7 cm³/mol. The molecule has 94 valence electrons. The summed E-state index contributed by atoms with van der Waals surface area (Å²) in [5.41, 5.74) is 1.61. The van der Waals surface area contributed by atoms with Crippen molar-refractivity contribution in [3.8, 4) is 11.5 Å². The van der Waals surface area contributed by atoms with Crippen LogP contribution in [0.5, 0.6) is 0 Å². The zero-order chi connectivity index (χ0) is 13.1. The highest BCUT2D eigenvalue weighted by atomic mass is 79.9. The zero-order valence-corrected chi connectivity index (χ0v) is 13.5. The third kappa shape index (κ3) is 2.90. The van der Waals surface area contributed by atoms with Gasteiger partial charge in [0, 0.05) is 10.7 Å². The molecule has 3 nitrogen and oxygen atoms in total. The molecule has 0 bridgehead atoms. The molecule has 0 aliphatic heterocycles. The third-order valence-corrected chi connectivity index (χ3v) is 4.31. The number of nitrogens with zero attached hydrogens (tertiary/aromatic N) is 3. The van der Waals surface area contributed by atoms with Crippen LogP contribution in [0.3, 0.4) is 0 Å². The maximum atomic E-state index is 6.12. The second kappa shape index (κ2) is 6.08. The molecule has 0 aliphatic rings. The van der Waals surface area contributed by atoms with Gasteiger partial charge in [-0.15, -0.1) is 0 Å². The molecular formula is C12H10Br2ClN3. The van der Waals surface area contributed by atoms with Crippen LogP contribution in [-0.4, -0.2) is 15.0 Å². The molecule has 0 aromatic carbocycles. The van der Waals surface area contributed by atoms with E-state index in [1.807, 2.05) is 12.1 Å². The van der Waals surface area contributed by atoms with E-state index < -0.39 is 0 Å². The minimum Gasteiger partial charge on any atom is -0.252 e. The van der Waals surface area contributed by atoms with E-state index in [1.54, 1.807) is 6.20 Å². The highest BCUT2D eigenvalue weighted by Gasteiger charge is 2.14. The molecule has 0 atom stereocenters. The number of hydrogen-bond acceptors (Lipinski definition) is 3. The molecule has 0 spiro atoms. The summed E-state index contributed by atoms with van der Waals surface area (Å²) >= 11 is 13.0. The minimum absolute atomic E-state index is 0.418. The zero-order valence-electron chi connectivity index (χ0n) is 9.62. The highest BCUT2D eigenvalue weighted by Crippen LogP contribution is 2.29. The predicted octanol–water partition coefficient (Wildman–Crippen LogP) is 4.67. The van der Waals surface area contributed by atoms with Crippen LogP contribution in [-0.2, 0) is 6.42 Å². The first-order chi connectivity index (χ1) is 8.63. The van der Waals surface area contributed by atoms with Crippen LogP contribution in [0.2, 0.25) is 5.15 Å². The summed E-state index contributed by atoms with van der Waals surface area (Å²) in [5.74, 6) is 0.541. The lowest BCUT2D eigenvalue weighted by atomic mass is 10.2. The minimum atomic E-state index is 0.418. The molecular weight excluding hydrogens is 381 g/mol. The van der Waals surface area contributed by atoms with Gasteiger partial charge in [0.1, 0.15) is 10.8 Å². The summed E-state index contributed by atoms with van der Waals surface area (Å²) in [6, 6.07) is 3.75. The Morgan fingerprint density at radius 2 is 2.06 bits per heavy atom. The number of aromatic nitrogens is 3. The fourth-order valence-electron chi connectivity index (χ4n) is 1.52. The quantitative estimate of drug-likeness (QED) is 0.714. The first-order valence-corrected chi connectivity index (χ1v) is 7.42. The van der Waals surface area contributed by atoms with E-state index in [4.69, 9.17) is 11.6 Å². The van der Waals surface area contributed by atoms with Crippen LogP contribution in [0.4, 0.5) is 0 Å². The van der Waals surface area contributed by atoms with Gasteiger partial charge in [-0.25, -0.2) is 9.97 Å². The fourth-order valence-corrected chi connectivity index (χ4v) is 2.52. The number of hydrogen-bond donors (Lipinski definition) is 0. The van der Waals surface area contributed by atoms with Crippen molar-refractivity contribution in [1.29, 1.82) is 0 Å². The van der Waals surface area contributed by atoms with Crippen molar-refractivity contribution < 1.29 is 0 Å². The first-order valence-electron chi connectivity index (χ1n) is 5.46. The molecule has 2 aromatic heterocycles. The maximum Gasteiger partial charge on any atom is 0.181 e. The van der Waals surface area contributed by atoms with E-state index in [2.05, 4.69) is 53.7 Å². The van der Waals surface area contributed by atoms with Gasteiger partial charge in [0.05, 0.1) is 10.2 Å². The SMILES string of the molecule is CCCc1nc(-c2ncccc2Br)nc(Cl)c1Br. The molecule has 2 rings (SSSR count). The molecule has 0 amide bonds. The van der Waals surface area contributed by atoms with Crippen molar-refractivity contribution in [3.05, 3.63) is 38.1 Å². The van der Waals surface area contributed by atoms with Gasteiger partial charge in [0.2, 0.25) is 0 Å². The van der Waals surface area contributed by atoms with Gasteiger partial charge in [0.15, 0.2) is 5.82 Å². The fraction of sp³-hybridized carbons (Fsp3) is 0.250. The average molecular weight is 391 g/mol. The lowest BCUT2D eigenvalue weighted by Crippen LogP contribution is -2.00.